The van der Waals surface area contributed by atoms with Crippen molar-refractivity contribution in [3.8, 4) is 0 Å². The predicted molar refractivity (Wildman–Crippen MR) is 61.1 cm³/mol. The summed E-state index contributed by atoms with van der Waals surface area (Å²) in [6.07, 6.45) is 1.24. The Morgan fingerprint density at radius 2 is 2.22 bits per heavy atom. The number of H-pyrrole nitrogens is 1. The number of nitrogens with one attached hydrogen (secondary N) is 1. The number of carboxylic acids is 1. The van der Waals surface area contributed by atoms with E-state index >= 15 is 0 Å². The Hall–Kier alpha value is -2.18. The second-order valence-corrected chi connectivity index (χ2v) is 4.23. The van der Waals surface area contributed by atoms with Gasteiger partial charge in [-0.25, -0.2) is 5.10 Å². The number of rotatable bonds is 2. The fourth-order valence-electron chi connectivity index (χ4n) is 1.99. The number of carboxylic acid groups (broad SMARTS) is 1. The molecule has 2 rings (SSSR count). The maximum atomic E-state index is 12.0. The second kappa shape index (κ2) is 4.99. The van der Waals surface area contributed by atoms with Gasteiger partial charge in [0.05, 0.1) is 5.92 Å². The lowest BCUT2D eigenvalue weighted by Gasteiger charge is -2.30. The van der Waals surface area contributed by atoms with E-state index in [0.29, 0.717) is 19.4 Å². The number of hydrogen-bond acceptors (Lipinski definition) is 4. The number of amides is 1. The van der Waals surface area contributed by atoms with Crippen LogP contribution in [-0.2, 0) is 4.79 Å². The highest BCUT2D eigenvalue weighted by atomic mass is 16.4. The molecule has 1 aliphatic rings. The Kier molecular flexibility index (Phi) is 3.40. The first kappa shape index (κ1) is 12.3. The predicted octanol–water partition coefficient (Wildman–Crippen LogP) is -0.293. The minimum absolute atomic E-state index is 0.126. The smallest absolute Gasteiger partial charge is 0.308 e. The molecule has 0 saturated carbocycles. The maximum absolute atomic E-state index is 12.0. The largest absolute Gasteiger partial charge is 0.481 e. The summed E-state index contributed by atoms with van der Waals surface area (Å²) in [7, 11) is 0. The number of likely N-dealkylation sites (tertiary alicyclic amines) is 1. The highest BCUT2D eigenvalue weighted by Gasteiger charge is 2.29. The van der Waals surface area contributed by atoms with Crippen molar-refractivity contribution < 1.29 is 14.7 Å². The van der Waals surface area contributed by atoms with E-state index in [1.165, 1.54) is 17.0 Å². The minimum Gasteiger partial charge on any atom is -0.481 e. The Morgan fingerprint density at radius 1 is 1.44 bits per heavy atom. The van der Waals surface area contributed by atoms with Crippen LogP contribution in [0.5, 0.6) is 0 Å². The highest BCUT2D eigenvalue weighted by molar-refractivity contribution is 5.92. The van der Waals surface area contributed by atoms with Gasteiger partial charge in [-0.3, -0.25) is 14.4 Å². The molecule has 2 N–H and O–H groups in total. The van der Waals surface area contributed by atoms with E-state index in [-0.39, 0.29) is 23.7 Å². The molecule has 0 aliphatic carbocycles. The number of nitrogens with zero attached hydrogens (tertiary/aromatic N) is 2. The van der Waals surface area contributed by atoms with Gasteiger partial charge in [-0.1, -0.05) is 0 Å². The first-order chi connectivity index (χ1) is 8.58. The van der Waals surface area contributed by atoms with Crippen LogP contribution in [0.25, 0.3) is 0 Å². The molecule has 1 saturated heterocycles. The van der Waals surface area contributed by atoms with E-state index in [0.717, 1.165) is 0 Å². The molecule has 96 valence electrons. The number of carbonyl (C=O) groups excluding carboxylic acids is 1. The Morgan fingerprint density at radius 3 is 2.83 bits per heavy atom. The van der Waals surface area contributed by atoms with Gasteiger partial charge in [-0.15, -0.1) is 0 Å². The van der Waals surface area contributed by atoms with E-state index in [1.54, 1.807) is 0 Å². The molecule has 0 aromatic carbocycles. The molecule has 18 heavy (non-hydrogen) atoms. The van der Waals surface area contributed by atoms with Crippen molar-refractivity contribution >= 4 is 11.9 Å². The summed E-state index contributed by atoms with van der Waals surface area (Å²) in [5, 5.41) is 14.8. The molecular weight excluding hydrogens is 238 g/mol. The van der Waals surface area contributed by atoms with Gasteiger partial charge in [-0.2, -0.15) is 5.10 Å². The molecule has 1 aromatic heterocycles. The third-order valence-electron chi connectivity index (χ3n) is 2.96. The van der Waals surface area contributed by atoms with Crippen LogP contribution in [0.4, 0.5) is 0 Å². The quantitative estimate of drug-likeness (QED) is 0.751. The molecule has 7 nitrogen and oxygen atoms in total. The molecule has 0 spiro atoms. The molecule has 0 radical (unpaired) electrons. The monoisotopic (exact) mass is 251 g/mol. The van der Waals surface area contributed by atoms with Gasteiger partial charge in [0.25, 0.3) is 11.5 Å². The number of hydrogen-bond donors (Lipinski definition) is 2. The molecule has 1 fully saturated rings. The molecule has 7 heteroatoms. The number of carbonyl (C=O) groups is 2. The summed E-state index contributed by atoms with van der Waals surface area (Å²) < 4.78 is 0. The zero-order chi connectivity index (χ0) is 13.1. The van der Waals surface area contributed by atoms with Crippen molar-refractivity contribution in [3.05, 3.63) is 28.2 Å². The molecule has 1 aromatic rings. The first-order valence-electron chi connectivity index (χ1n) is 5.66. The number of piperidine rings is 1. The highest BCUT2D eigenvalue weighted by Crippen LogP contribution is 2.17. The molecular formula is C11H13N3O4. The van der Waals surface area contributed by atoms with Crippen LogP contribution in [0.1, 0.15) is 23.3 Å². The Balaban J connectivity index is 2.11. The van der Waals surface area contributed by atoms with E-state index in [1.807, 2.05) is 0 Å². The third-order valence-corrected chi connectivity index (χ3v) is 2.96. The first-order valence-corrected chi connectivity index (χ1v) is 5.66. The molecule has 1 amide bonds. The van der Waals surface area contributed by atoms with Crippen LogP contribution >= 0.6 is 0 Å². The van der Waals surface area contributed by atoms with Crippen LogP contribution in [-0.4, -0.2) is 45.2 Å². The minimum atomic E-state index is -0.887. The van der Waals surface area contributed by atoms with E-state index < -0.39 is 11.9 Å². The second-order valence-electron chi connectivity index (χ2n) is 4.23. The van der Waals surface area contributed by atoms with Crippen molar-refractivity contribution in [2.45, 2.75) is 12.8 Å². The summed E-state index contributed by atoms with van der Waals surface area (Å²) in [5.74, 6) is -1.76. The number of aromatic nitrogens is 2. The normalized spacial score (nSPS) is 19.6. The van der Waals surface area contributed by atoms with Crippen molar-refractivity contribution in [2.75, 3.05) is 13.1 Å². The Bertz CT molecular complexity index is 505. The Labute approximate surface area is 102 Å². The van der Waals surface area contributed by atoms with Gasteiger partial charge < -0.3 is 10.0 Å². The summed E-state index contributed by atoms with van der Waals surface area (Å²) in [6, 6.07) is 2.56. The maximum Gasteiger partial charge on any atom is 0.308 e. The van der Waals surface area contributed by atoms with E-state index in [2.05, 4.69) is 10.2 Å². The summed E-state index contributed by atoms with van der Waals surface area (Å²) in [4.78, 5) is 35.2. The van der Waals surface area contributed by atoms with Crippen molar-refractivity contribution in [1.29, 1.82) is 0 Å². The number of aliphatic carboxylic acids is 1. The van der Waals surface area contributed by atoms with Gasteiger partial charge in [0.15, 0.2) is 0 Å². The SMILES string of the molecule is O=C(O)[C@H]1CCCN(C(=O)c2ccc(=O)[nH]n2)C1. The number of aromatic amines is 1. The van der Waals surface area contributed by atoms with Gasteiger partial charge in [0, 0.05) is 19.2 Å². The van der Waals surface area contributed by atoms with Crippen LogP contribution < -0.4 is 5.56 Å². The molecule has 2 heterocycles. The molecule has 0 bridgehead atoms. The van der Waals surface area contributed by atoms with Gasteiger partial charge in [0.1, 0.15) is 5.69 Å². The van der Waals surface area contributed by atoms with Gasteiger partial charge in [-0.05, 0) is 18.9 Å². The zero-order valence-electron chi connectivity index (χ0n) is 9.63. The molecule has 1 aliphatic heterocycles. The van der Waals surface area contributed by atoms with Gasteiger partial charge in [0.2, 0.25) is 0 Å². The van der Waals surface area contributed by atoms with Crippen LogP contribution in [0.3, 0.4) is 0 Å². The third kappa shape index (κ3) is 2.55. The molecule has 0 unspecified atom stereocenters. The summed E-state index contributed by atoms with van der Waals surface area (Å²) in [5.41, 5.74) is -0.255. The fourth-order valence-corrected chi connectivity index (χ4v) is 1.99. The van der Waals surface area contributed by atoms with E-state index in [4.69, 9.17) is 5.11 Å². The van der Waals surface area contributed by atoms with E-state index in [9.17, 15) is 14.4 Å². The molecule has 1 atom stereocenters. The van der Waals surface area contributed by atoms with Crippen LogP contribution in [0.15, 0.2) is 16.9 Å². The lowest BCUT2D eigenvalue weighted by atomic mass is 9.98. The lowest BCUT2D eigenvalue weighted by molar-refractivity contribution is -0.143. The summed E-state index contributed by atoms with van der Waals surface area (Å²) in [6.45, 7) is 0.707. The van der Waals surface area contributed by atoms with Crippen molar-refractivity contribution in [3.63, 3.8) is 0 Å². The lowest BCUT2D eigenvalue weighted by Crippen LogP contribution is -2.42. The van der Waals surface area contributed by atoms with Crippen LogP contribution in [0, 0.1) is 5.92 Å². The topological polar surface area (TPSA) is 103 Å². The van der Waals surface area contributed by atoms with Crippen molar-refractivity contribution in [1.82, 2.24) is 15.1 Å². The van der Waals surface area contributed by atoms with Gasteiger partial charge >= 0.3 is 5.97 Å². The van der Waals surface area contributed by atoms with Crippen molar-refractivity contribution in [2.24, 2.45) is 5.92 Å². The standard InChI is InChI=1S/C11H13N3O4/c15-9-4-3-8(12-13-9)10(16)14-5-1-2-7(6-14)11(17)18/h3-4,7H,1-2,5-6H2,(H,13,15)(H,17,18)/t7-/m0/s1. The zero-order valence-corrected chi connectivity index (χ0v) is 9.63. The summed E-state index contributed by atoms with van der Waals surface area (Å²) >= 11 is 0. The average Bonchev–Trinajstić information content (AvgIpc) is 2.39. The average molecular weight is 251 g/mol. The van der Waals surface area contributed by atoms with Crippen LogP contribution in [0.2, 0.25) is 0 Å². The fraction of sp³-hybridized carbons (Fsp3) is 0.455.